The molecule has 0 aliphatic rings. The normalized spacial score (nSPS) is 10.9. The lowest BCUT2D eigenvalue weighted by molar-refractivity contribution is -0.116. The van der Waals surface area contributed by atoms with E-state index in [2.05, 4.69) is 51.9 Å². The van der Waals surface area contributed by atoms with Crippen LogP contribution in [0.3, 0.4) is 0 Å². The van der Waals surface area contributed by atoms with E-state index in [1.165, 1.54) is 16.7 Å². The monoisotopic (exact) mass is 370 g/mol. The standard InChI is InChI=1S/C23H22N4O/c1-27-16-21-20(7-3-8-22(21)26-27)18-12-10-17(11-13-18)5-2-9-23(28)25-19-6-4-14-24-15-19/h3-4,6-8,10-16H,2,5,9H2,1H3,(H,25,28). The molecule has 0 atom stereocenters. The molecule has 5 nitrogen and oxygen atoms in total. The summed E-state index contributed by atoms with van der Waals surface area (Å²) < 4.78 is 1.85. The fourth-order valence-electron chi connectivity index (χ4n) is 3.38. The van der Waals surface area contributed by atoms with Crippen LogP contribution in [0.1, 0.15) is 18.4 Å². The van der Waals surface area contributed by atoms with Gasteiger partial charge in [0.25, 0.3) is 0 Å². The molecule has 0 bridgehead atoms. The van der Waals surface area contributed by atoms with Crippen molar-refractivity contribution < 1.29 is 4.79 Å². The Morgan fingerprint density at radius 1 is 1.07 bits per heavy atom. The number of carbonyl (C=O) groups excluding carboxylic acids is 1. The quantitative estimate of drug-likeness (QED) is 0.540. The third kappa shape index (κ3) is 4.09. The van der Waals surface area contributed by atoms with Crippen LogP contribution >= 0.6 is 0 Å². The maximum absolute atomic E-state index is 12.0. The number of carbonyl (C=O) groups is 1. The average Bonchev–Trinajstić information content (AvgIpc) is 3.09. The van der Waals surface area contributed by atoms with Crippen LogP contribution in [0, 0.1) is 0 Å². The average molecular weight is 370 g/mol. The summed E-state index contributed by atoms with van der Waals surface area (Å²) in [6, 6.07) is 18.4. The summed E-state index contributed by atoms with van der Waals surface area (Å²) in [6.07, 6.45) is 7.57. The first-order chi connectivity index (χ1) is 13.7. The number of rotatable bonds is 6. The van der Waals surface area contributed by atoms with Crippen LogP contribution in [0.2, 0.25) is 0 Å². The van der Waals surface area contributed by atoms with Crippen LogP contribution in [0.25, 0.3) is 22.0 Å². The molecule has 0 saturated carbocycles. The number of anilines is 1. The number of fused-ring (bicyclic) bond motifs is 1. The minimum atomic E-state index is 0.0212. The van der Waals surface area contributed by atoms with Gasteiger partial charge in [-0.3, -0.25) is 14.5 Å². The molecule has 1 N–H and O–H groups in total. The van der Waals surface area contributed by atoms with Gasteiger partial charge in [-0.1, -0.05) is 36.4 Å². The number of hydrogen-bond donors (Lipinski definition) is 1. The maximum Gasteiger partial charge on any atom is 0.224 e. The summed E-state index contributed by atoms with van der Waals surface area (Å²) in [4.78, 5) is 16.0. The topological polar surface area (TPSA) is 59.8 Å². The second kappa shape index (κ2) is 8.05. The highest BCUT2D eigenvalue weighted by atomic mass is 16.1. The van der Waals surface area contributed by atoms with E-state index in [0.717, 1.165) is 29.4 Å². The fraction of sp³-hybridized carbons (Fsp3) is 0.174. The van der Waals surface area contributed by atoms with Gasteiger partial charge in [-0.15, -0.1) is 0 Å². The largest absolute Gasteiger partial charge is 0.325 e. The lowest BCUT2D eigenvalue weighted by atomic mass is 9.99. The van der Waals surface area contributed by atoms with Gasteiger partial charge in [-0.25, -0.2) is 0 Å². The van der Waals surface area contributed by atoms with Gasteiger partial charge in [0.2, 0.25) is 5.91 Å². The van der Waals surface area contributed by atoms with Crippen LogP contribution in [-0.4, -0.2) is 20.7 Å². The smallest absolute Gasteiger partial charge is 0.224 e. The van der Waals surface area contributed by atoms with Crippen molar-refractivity contribution in [2.45, 2.75) is 19.3 Å². The molecular weight excluding hydrogens is 348 g/mol. The van der Waals surface area contributed by atoms with Gasteiger partial charge in [0.1, 0.15) is 0 Å². The number of hydrogen-bond acceptors (Lipinski definition) is 3. The van der Waals surface area contributed by atoms with E-state index in [0.29, 0.717) is 6.42 Å². The summed E-state index contributed by atoms with van der Waals surface area (Å²) in [5.41, 5.74) is 5.34. The van der Waals surface area contributed by atoms with Crippen molar-refractivity contribution in [2.75, 3.05) is 5.32 Å². The van der Waals surface area contributed by atoms with Crippen LogP contribution in [0.5, 0.6) is 0 Å². The van der Waals surface area contributed by atoms with E-state index in [4.69, 9.17) is 0 Å². The number of nitrogens with one attached hydrogen (secondary N) is 1. The molecule has 2 heterocycles. The highest BCUT2D eigenvalue weighted by molar-refractivity contribution is 5.94. The van der Waals surface area contributed by atoms with Gasteiger partial charge < -0.3 is 5.32 Å². The van der Waals surface area contributed by atoms with Gasteiger partial charge in [0.05, 0.1) is 17.4 Å². The molecular formula is C23H22N4O. The Balaban J connectivity index is 1.36. The van der Waals surface area contributed by atoms with Crippen molar-refractivity contribution in [1.82, 2.24) is 14.8 Å². The molecule has 0 aliphatic carbocycles. The van der Waals surface area contributed by atoms with Crippen molar-refractivity contribution >= 4 is 22.5 Å². The molecule has 2 aromatic carbocycles. The summed E-state index contributed by atoms with van der Waals surface area (Å²) in [6.45, 7) is 0. The summed E-state index contributed by atoms with van der Waals surface area (Å²) >= 11 is 0. The molecule has 5 heteroatoms. The number of nitrogens with zero attached hydrogens (tertiary/aromatic N) is 3. The highest BCUT2D eigenvalue weighted by Gasteiger charge is 2.07. The van der Waals surface area contributed by atoms with Crippen molar-refractivity contribution in [2.24, 2.45) is 7.05 Å². The molecule has 140 valence electrons. The molecule has 0 fully saturated rings. The van der Waals surface area contributed by atoms with E-state index < -0.39 is 0 Å². The Kier molecular flexibility index (Phi) is 5.15. The molecule has 0 unspecified atom stereocenters. The third-order valence-corrected chi connectivity index (χ3v) is 4.74. The van der Waals surface area contributed by atoms with E-state index in [1.807, 2.05) is 36.0 Å². The Morgan fingerprint density at radius 3 is 2.71 bits per heavy atom. The Morgan fingerprint density at radius 2 is 1.93 bits per heavy atom. The summed E-state index contributed by atoms with van der Waals surface area (Å²) in [5, 5.41) is 8.50. The SMILES string of the molecule is Cn1cc2c(-c3ccc(CCCC(=O)Nc4cccnc4)cc3)cccc2n1. The number of amides is 1. The minimum absolute atomic E-state index is 0.0212. The first-order valence-electron chi connectivity index (χ1n) is 9.40. The van der Waals surface area contributed by atoms with Crippen LogP contribution in [0.4, 0.5) is 5.69 Å². The Hall–Kier alpha value is -3.47. The van der Waals surface area contributed by atoms with Gasteiger partial charge in [-0.2, -0.15) is 5.10 Å². The fourth-order valence-corrected chi connectivity index (χ4v) is 3.38. The molecule has 2 aromatic heterocycles. The lowest BCUT2D eigenvalue weighted by Crippen LogP contribution is -2.11. The van der Waals surface area contributed by atoms with Crippen LogP contribution < -0.4 is 5.32 Å². The zero-order valence-electron chi connectivity index (χ0n) is 15.8. The van der Waals surface area contributed by atoms with E-state index >= 15 is 0 Å². The van der Waals surface area contributed by atoms with Gasteiger partial charge >= 0.3 is 0 Å². The summed E-state index contributed by atoms with van der Waals surface area (Å²) in [7, 11) is 1.94. The van der Waals surface area contributed by atoms with Crippen molar-refractivity contribution in [3.63, 3.8) is 0 Å². The van der Waals surface area contributed by atoms with Crippen molar-refractivity contribution in [3.8, 4) is 11.1 Å². The molecule has 28 heavy (non-hydrogen) atoms. The third-order valence-electron chi connectivity index (χ3n) is 4.74. The molecule has 1 amide bonds. The van der Waals surface area contributed by atoms with E-state index in [1.54, 1.807) is 12.4 Å². The number of aryl methyl sites for hydroxylation is 2. The number of aromatic nitrogens is 3. The molecule has 0 radical (unpaired) electrons. The van der Waals surface area contributed by atoms with Gasteiger partial charge in [-0.05, 0) is 47.7 Å². The Labute approximate surface area is 164 Å². The minimum Gasteiger partial charge on any atom is -0.325 e. The second-order valence-corrected chi connectivity index (χ2v) is 6.88. The zero-order valence-corrected chi connectivity index (χ0v) is 15.8. The highest BCUT2D eigenvalue weighted by Crippen LogP contribution is 2.28. The molecule has 4 rings (SSSR count). The zero-order chi connectivity index (χ0) is 19.3. The van der Waals surface area contributed by atoms with Crippen LogP contribution in [-0.2, 0) is 18.3 Å². The van der Waals surface area contributed by atoms with E-state index in [9.17, 15) is 4.79 Å². The van der Waals surface area contributed by atoms with E-state index in [-0.39, 0.29) is 5.91 Å². The second-order valence-electron chi connectivity index (χ2n) is 6.88. The predicted molar refractivity (Wildman–Crippen MR) is 112 cm³/mol. The Bertz CT molecular complexity index is 1080. The summed E-state index contributed by atoms with van der Waals surface area (Å²) in [5.74, 6) is 0.0212. The van der Waals surface area contributed by atoms with Gasteiger partial charge in [0, 0.05) is 31.2 Å². The molecule has 0 aliphatic heterocycles. The number of benzene rings is 2. The van der Waals surface area contributed by atoms with Crippen molar-refractivity contribution in [3.05, 3.63) is 78.8 Å². The predicted octanol–water partition coefficient (Wildman–Crippen LogP) is 4.60. The van der Waals surface area contributed by atoms with Crippen LogP contribution in [0.15, 0.2) is 73.2 Å². The first kappa shape index (κ1) is 17.9. The molecule has 4 aromatic rings. The lowest BCUT2D eigenvalue weighted by Gasteiger charge is -2.07. The molecule has 0 spiro atoms. The van der Waals surface area contributed by atoms with Crippen molar-refractivity contribution in [1.29, 1.82) is 0 Å². The first-order valence-corrected chi connectivity index (χ1v) is 9.40. The molecule has 0 saturated heterocycles. The van der Waals surface area contributed by atoms with Gasteiger partial charge in [0.15, 0.2) is 0 Å². The number of pyridine rings is 1. The maximum atomic E-state index is 12.0.